The van der Waals surface area contributed by atoms with Gasteiger partial charge in [-0.2, -0.15) is 0 Å². The number of nitrogens with one attached hydrogen (secondary N) is 1. The number of carbonyl (C=O) groups is 2. The van der Waals surface area contributed by atoms with Gasteiger partial charge in [-0.25, -0.2) is 4.57 Å². The summed E-state index contributed by atoms with van der Waals surface area (Å²) < 4.78 is 20.3. The maximum Gasteiger partial charge on any atom is 0.471 e. The largest absolute Gasteiger partial charge is 0.471 e. The Labute approximate surface area is 220 Å². The van der Waals surface area contributed by atoms with Crippen LogP contribution in [0.25, 0.3) is 0 Å². The molecular weight excluding hydrogens is 491 g/mol. The Morgan fingerprint density at radius 1 is 0.973 bits per heavy atom. The summed E-state index contributed by atoms with van der Waals surface area (Å²) in [6, 6.07) is 15.3. The van der Waals surface area contributed by atoms with Crippen LogP contribution in [0.1, 0.15) is 69.1 Å². The number of hydrogen-bond acceptors (Lipinski definition) is 5. The highest BCUT2D eigenvalue weighted by Gasteiger charge is 2.21. The van der Waals surface area contributed by atoms with Crippen molar-refractivity contribution in [2.24, 2.45) is 0 Å². The molecule has 0 spiro atoms. The third-order valence-electron chi connectivity index (χ3n) is 5.62. The number of unbranched alkanes of at least 4 members (excludes halogenated alkanes) is 3. The van der Waals surface area contributed by atoms with Crippen LogP contribution < -0.4 is 10.2 Å². The van der Waals surface area contributed by atoms with Crippen molar-refractivity contribution < 1.29 is 28.1 Å². The van der Waals surface area contributed by atoms with Gasteiger partial charge in [0.25, 0.3) is 0 Å². The molecule has 37 heavy (non-hydrogen) atoms. The average molecular weight is 529 g/mol. The molecule has 1 heterocycles. The number of fused-ring (bicyclic) bond motifs is 2. The first kappa shape index (κ1) is 30.3. The molecule has 0 radical (unpaired) electrons. The molecule has 0 bridgehead atoms. The van der Waals surface area contributed by atoms with Crippen molar-refractivity contribution >= 4 is 25.3 Å². The molecule has 0 aromatic heterocycles. The molecular formula is C28H37N2O6P. The number of rotatable bonds is 12. The van der Waals surface area contributed by atoms with Crippen LogP contribution >= 0.6 is 7.82 Å². The first-order valence-corrected chi connectivity index (χ1v) is 14.2. The lowest BCUT2D eigenvalue weighted by atomic mass is 10.0. The molecule has 3 rings (SSSR count). The second-order valence-electron chi connectivity index (χ2n) is 8.15. The fraction of sp³-hybridized carbons (Fsp3) is 0.429. The molecule has 1 unspecified atom stereocenters. The maximum absolute atomic E-state index is 13.1. The van der Waals surface area contributed by atoms with Crippen LogP contribution in [0.2, 0.25) is 0 Å². The zero-order chi connectivity index (χ0) is 27.1. The standard InChI is InChI=1S/C26H31N2O6P.C2H6/c1-33-35(31,32)34-19-9-3-2-8-18-27-25(29)16-17-26(30)28-20-23-12-5-4-10-21(23)14-15-22-11-6-7-13-24(22)28;1-2/h4-7,10-13H,2-3,8-9,16-20H2,1H3,(H,27,29)(H,31,32);1-2H3. The number of benzene rings is 2. The van der Waals surface area contributed by atoms with Crippen LogP contribution in [-0.4, -0.2) is 37.0 Å². The van der Waals surface area contributed by atoms with Gasteiger partial charge in [0, 0.05) is 37.6 Å². The summed E-state index contributed by atoms with van der Waals surface area (Å²) >= 11 is 0. The van der Waals surface area contributed by atoms with Crippen molar-refractivity contribution in [3.63, 3.8) is 0 Å². The molecule has 1 atom stereocenters. The summed E-state index contributed by atoms with van der Waals surface area (Å²) in [6.45, 7) is 5.06. The van der Waals surface area contributed by atoms with Crippen LogP contribution in [0.5, 0.6) is 0 Å². The van der Waals surface area contributed by atoms with Gasteiger partial charge in [-0.3, -0.25) is 18.6 Å². The summed E-state index contributed by atoms with van der Waals surface area (Å²) in [5.74, 6) is 6.08. The Morgan fingerprint density at radius 2 is 1.62 bits per heavy atom. The SMILES string of the molecule is CC.COP(=O)(O)OCCCCCCNC(=O)CCC(=O)N1Cc2ccccc2C#Cc2ccccc21. The number of para-hydroxylation sites is 1. The smallest absolute Gasteiger partial charge is 0.356 e. The number of anilines is 1. The molecule has 200 valence electrons. The van der Waals surface area contributed by atoms with E-state index in [1.54, 1.807) is 4.90 Å². The molecule has 2 aromatic carbocycles. The van der Waals surface area contributed by atoms with E-state index in [4.69, 9.17) is 9.42 Å². The minimum absolute atomic E-state index is 0.105. The van der Waals surface area contributed by atoms with E-state index in [2.05, 4.69) is 21.7 Å². The van der Waals surface area contributed by atoms with E-state index in [-0.39, 0.29) is 31.3 Å². The Hall–Kier alpha value is -2.95. The predicted molar refractivity (Wildman–Crippen MR) is 145 cm³/mol. The molecule has 1 aliphatic heterocycles. The van der Waals surface area contributed by atoms with Gasteiger partial charge >= 0.3 is 7.82 Å². The van der Waals surface area contributed by atoms with Gasteiger partial charge in [-0.1, -0.05) is 68.9 Å². The van der Waals surface area contributed by atoms with E-state index in [1.165, 1.54) is 0 Å². The van der Waals surface area contributed by atoms with Crippen LogP contribution in [-0.2, 0) is 29.7 Å². The van der Waals surface area contributed by atoms with E-state index in [0.29, 0.717) is 19.5 Å². The number of phosphoric ester groups is 1. The number of carbonyl (C=O) groups excluding carboxylic acids is 2. The fourth-order valence-electron chi connectivity index (χ4n) is 3.69. The normalized spacial score (nSPS) is 13.2. The van der Waals surface area contributed by atoms with Gasteiger partial charge in [0.15, 0.2) is 0 Å². The molecule has 2 aromatic rings. The number of amides is 2. The monoisotopic (exact) mass is 528 g/mol. The van der Waals surface area contributed by atoms with Crippen molar-refractivity contribution in [2.75, 3.05) is 25.2 Å². The summed E-state index contributed by atoms with van der Waals surface area (Å²) in [6.07, 6.45) is 3.26. The van der Waals surface area contributed by atoms with Gasteiger partial charge in [0.2, 0.25) is 11.8 Å². The summed E-state index contributed by atoms with van der Waals surface area (Å²) in [7, 11) is -2.78. The van der Waals surface area contributed by atoms with E-state index in [9.17, 15) is 14.2 Å². The molecule has 0 saturated heterocycles. The Morgan fingerprint density at radius 3 is 2.38 bits per heavy atom. The van der Waals surface area contributed by atoms with E-state index in [1.807, 2.05) is 62.4 Å². The molecule has 9 heteroatoms. The zero-order valence-electron chi connectivity index (χ0n) is 21.9. The summed E-state index contributed by atoms with van der Waals surface area (Å²) in [4.78, 5) is 36.3. The molecule has 2 N–H and O–H groups in total. The van der Waals surface area contributed by atoms with Crippen molar-refractivity contribution in [1.82, 2.24) is 5.32 Å². The fourth-order valence-corrected chi connectivity index (χ4v) is 4.16. The van der Waals surface area contributed by atoms with Gasteiger partial charge in [0.05, 0.1) is 18.8 Å². The number of hydrogen-bond donors (Lipinski definition) is 2. The van der Waals surface area contributed by atoms with Crippen LogP contribution in [0, 0.1) is 11.8 Å². The Kier molecular flexibility index (Phi) is 13.1. The maximum atomic E-state index is 13.1. The average Bonchev–Trinajstić information content (AvgIpc) is 2.91. The van der Waals surface area contributed by atoms with E-state index in [0.717, 1.165) is 48.8 Å². The van der Waals surface area contributed by atoms with Crippen molar-refractivity contribution in [3.05, 3.63) is 65.2 Å². The number of phosphoric acid groups is 1. The second kappa shape index (κ2) is 16.0. The summed E-state index contributed by atoms with van der Waals surface area (Å²) in [5, 5.41) is 2.85. The van der Waals surface area contributed by atoms with Crippen molar-refractivity contribution in [1.29, 1.82) is 0 Å². The molecule has 8 nitrogen and oxygen atoms in total. The lowest BCUT2D eigenvalue weighted by molar-refractivity contribution is -0.125. The third kappa shape index (κ3) is 10.1. The quantitative estimate of drug-likeness (QED) is 0.224. The molecule has 2 amide bonds. The molecule has 0 fully saturated rings. The van der Waals surface area contributed by atoms with E-state index >= 15 is 0 Å². The summed E-state index contributed by atoms with van der Waals surface area (Å²) in [5.41, 5.74) is 3.41. The van der Waals surface area contributed by atoms with Gasteiger partial charge < -0.3 is 15.1 Å². The Bertz CT molecular complexity index is 1140. The van der Waals surface area contributed by atoms with Crippen molar-refractivity contribution in [2.45, 2.75) is 58.9 Å². The first-order valence-electron chi connectivity index (χ1n) is 12.7. The molecule has 0 saturated carbocycles. The molecule has 1 aliphatic rings. The highest BCUT2D eigenvalue weighted by Crippen LogP contribution is 2.41. The lowest BCUT2D eigenvalue weighted by Gasteiger charge is -2.26. The minimum atomic E-state index is -3.91. The first-order chi connectivity index (χ1) is 17.9. The minimum Gasteiger partial charge on any atom is -0.356 e. The highest BCUT2D eigenvalue weighted by atomic mass is 31.2. The zero-order valence-corrected chi connectivity index (χ0v) is 22.8. The Balaban J connectivity index is 0.00000235. The van der Waals surface area contributed by atoms with Crippen LogP contribution in [0.4, 0.5) is 5.69 Å². The van der Waals surface area contributed by atoms with E-state index < -0.39 is 7.82 Å². The van der Waals surface area contributed by atoms with Gasteiger partial charge in [0.1, 0.15) is 0 Å². The molecule has 0 aliphatic carbocycles. The van der Waals surface area contributed by atoms with Crippen LogP contribution in [0.3, 0.4) is 0 Å². The number of nitrogens with zero attached hydrogens (tertiary/aromatic N) is 1. The topological polar surface area (TPSA) is 105 Å². The van der Waals surface area contributed by atoms with Crippen LogP contribution in [0.15, 0.2) is 48.5 Å². The highest BCUT2D eigenvalue weighted by molar-refractivity contribution is 7.47. The second-order valence-corrected chi connectivity index (χ2v) is 9.71. The predicted octanol–water partition coefficient (Wildman–Crippen LogP) is 5.18. The van der Waals surface area contributed by atoms with Gasteiger partial charge in [-0.05, 0) is 36.6 Å². The van der Waals surface area contributed by atoms with Crippen molar-refractivity contribution in [3.8, 4) is 11.8 Å². The van der Waals surface area contributed by atoms with Gasteiger partial charge in [-0.15, -0.1) is 0 Å². The third-order valence-corrected chi connectivity index (χ3v) is 6.59. The lowest BCUT2D eigenvalue weighted by Crippen LogP contribution is -2.33.